The maximum absolute atomic E-state index is 9.48. The third-order valence-corrected chi connectivity index (χ3v) is 4.95. The van der Waals surface area contributed by atoms with Gasteiger partial charge in [0.1, 0.15) is 5.75 Å². The number of rotatable bonds is 14. The van der Waals surface area contributed by atoms with Crippen molar-refractivity contribution >= 4 is 11.6 Å². The van der Waals surface area contributed by atoms with Crippen molar-refractivity contribution in [3.8, 4) is 5.75 Å². The van der Waals surface area contributed by atoms with Crippen molar-refractivity contribution in [2.75, 3.05) is 0 Å². The Kier molecular flexibility index (Phi) is 12.1. The largest absolute Gasteiger partial charge is 0.508 e. The zero-order chi connectivity index (χ0) is 16.8. The number of aryl methyl sites for hydroxylation is 1. The SMILES string of the molecule is CCCCCCCCCCCCCCCc1cc(O)ccc1Cl. The predicted octanol–water partition coefficient (Wildman–Crippen LogP) is 7.68. The van der Waals surface area contributed by atoms with Gasteiger partial charge in [-0.3, -0.25) is 0 Å². The molecule has 1 rings (SSSR count). The quantitative estimate of drug-likeness (QED) is 0.345. The van der Waals surface area contributed by atoms with Gasteiger partial charge in [0.15, 0.2) is 0 Å². The summed E-state index contributed by atoms with van der Waals surface area (Å²) in [5.74, 6) is 0.319. The molecule has 132 valence electrons. The second kappa shape index (κ2) is 13.7. The van der Waals surface area contributed by atoms with Gasteiger partial charge >= 0.3 is 0 Å². The lowest BCUT2D eigenvalue weighted by molar-refractivity contribution is 0.474. The van der Waals surface area contributed by atoms with Gasteiger partial charge in [0.05, 0.1) is 0 Å². The average Bonchev–Trinajstić information content (AvgIpc) is 2.55. The lowest BCUT2D eigenvalue weighted by atomic mass is 10.0. The number of aromatic hydroxyl groups is 1. The van der Waals surface area contributed by atoms with Crippen LogP contribution in [0.4, 0.5) is 0 Å². The lowest BCUT2D eigenvalue weighted by Gasteiger charge is -2.05. The van der Waals surface area contributed by atoms with Crippen LogP contribution in [0.1, 0.15) is 96.0 Å². The molecular formula is C21H35ClO. The number of hydrogen-bond acceptors (Lipinski definition) is 1. The van der Waals surface area contributed by atoms with Crippen molar-refractivity contribution in [3.63, 3.8) is 0 Å². The second-order valence-corrected chi connectivity index (χ2v) is 7.18. The van der Waals surface area contributed by atoms with Gasteiger partial charge in [-0.05, 0) is 36.6 Å². The summed E-state index contributed by atoms with van der Waals surface area (Å²) in [6, 6.07) is 5.23. The zero-order valence-electron chi connectivity index (χ0n) is 15.0. The molecule has 0 aliphatic rings. The summed E-state index contributed by atoms with van der Waals surface area (Å²) in [6.07, 6.45) is 18.8. The Bertz CT molecular complexity index is 403. The molecule has 0 amide bonds. The fourth-order valence-corrected chi connectivity index (χ4v) is 3.30. The first-order valence-electron chi connectivity index (χ1n) is 9.71. The molecule has 0 unspecified atom stereocenters. The monoisotopic (exact) mass is 338 g/mol. The molecule has 0 aliphatic heterocycles. The molecule has 0 aromatic heterocycles. The van der Waals surface area contributed by atoms with Gasteiger partial charge in [0, 0.05) is 5.02 Å². The molecule has 0 saturated heterocycles. The summed E-state index contributed by atoms with van der Waals surface area (Å²) in [6.45, 7) is 2.28. The average molecular weight is 339 g/mol. The Labute approximate surface area is 148 Å². The van der Waals surface area contributed by atoms with Crippen molar-refractivity contribution in [1.29, 1.82) is 0 Å². The summed E-state index contributed by atoms with van der Waals surface area (Å²) in [7, 11) is 0. The molecule has 0 atom stereocenters. The maximum atomic E-state index is 9.48. The number of unbranched alkanes of at least 4 members (excludes halogenated alkanes) is 12. The fourth-order valence-electron chi connectivity index (χ4n) is 3.09. The molecule has 1 aromatic carbocycles. The Morgan fingerprint density at radius 1 is 0.739 bits per heavy atom. The summed E-state index contributed by atoms with van der Waals surface area (Å²) in [4.78, 5) is 0. The third-order valence-electron chi connectivity index (χ3n) is 4.58. The van der Waals surface area contributed by atoms with Crippen LogP contribution < -0.4 is 0 Å². The molecule has 1 nitrogen and oxygen atoms in total. The van der Waals surface area contributed by atoms with Crippen molar-refractivity contribution in [2.45, 2.75) is 96.8 Å². The van der Waals surface area contributed by atoms with E-state index in [1.54, 1.807) is 18.2 Å². The highest BCUT2D eigenvalue weighted by molar-refractivity contribution is 6.31. The fraction of sp³-hybridized carbons (Fsp3) is 0.714. The molecule has 0 spiro atoms. The minimum absolute atomic E-state index is 0.319. The van der Waals surface area contributed by atoms with Crippen LogP contribution in [0.25, 0.3) is 0 Å². The smallest absolute Gasteiger partial charge is 0.115 e. The van der Waals surface area contributed by atoms with Gasteiger partial charge in [-0.2, -0.15) is 0 Å². The van der Waals surface area contributed by atoms with E-state index in [0.717, 1.165) is 17.0 Å². The number of phenols is 1. The molecule has 2 heteroatoms. The van der Waals surface area contributed by atoms with E-state index in [1.807, 2.05) is 0 Å². The summed E-state index contributed by atoms with van der Waals surface area (Å²) in [5.41, 5.74) is 1.08. The Morgan fingerprint density at radius 3 is 1.74 bits per heavy atom. The molecular weight excluding hydrogens is 304 g/mol. The van der Waals surface area contributed by atoms with E-state index in [2.05, 4.69) is 6.92 Å². The Hall–Kier alpha value is -0.690. The Morgan fingerprint density at radius 2 is 1.22 bits per heavy atom. The van der Waals surface area contributed by atoms with Gasteiger partial charge in [-0.15, -0.1) is 0 Å². The maximum Gasteiger partial charge on any atom is 0.115 e. The van der Waals surface area contributed by atoms with Crippen LogP contribution in [0.3, 0.4) is 0 Å². The van der Waals surface area contributed by atoms with Crippen molar-refractivity contribution in [3.05, 3.63) is 28.8 Å². The molecule has 1 N–H and O–H groups in total. The van der Waals surface area contributed by atoms with Crippen LogP contribution in [0.5, 0.6) is 5.75 Å². The van der Waals surface area contributed by atoms with Crippen LogP contribution in [0.15, 0.2) is 18.2 Å². The topological polar surface area (TPSA) is 20.2 Å². The van der Waals surface area contributed by atoms with Crippen LogP contribution >= 0.6 is 11.6 Å². The highest BCUT2D eigenvalue weighted by atomic mass is 35.5. The molecule has 0 radical (unpaired) electrons. The van der Waals surface area contributed by atoms with Gasteiger partial charge in [-0.25, -0.2) is 0 Å². The molecule has 23 heavy (non-hydrogen) atoms. The van der Waals surface area contributed by atoms with E-state index in [1.165, 1.54) is 83.5 Å². The zero-order valence-corrected chi connectivity index (χ0v) is 15.7. The van der Waals surface area contributed by atoms with E-state index in [0.29, 0.717) is 5.75 Å². The van der Waals surface area contributed by atoms with E-state index in [4.69, 9.17) is 11.6 Å². The van der Waals surface area contributed by atoms with Crippen molar-refractivity contribution in [2.24, 2.45) is 0 Å². The highest BCUT2D eigenvalue weighted by Crippen LogP contribution is 2.23. The molecule has 1 aromatic rings. The third kappa shape index (κ3) is 10.7. The summed E-state index contributed by atoms with van der Waals surface area (Å²) >= 11 is 6.14. The van der Waals surface area contributed by atoms with E-state index in [-0.39, 0.29) is 0 Å². The van der Waals surface area contributed by atoms with E-state index in [9.17, 15) is 5.11 Å². The van der Waals surface area contributed by atoms with E-state index < -0.39 is 0 Å². The minimum atomic E-state index is 0.319. The molecule has 0 saturated carbocycles. The van der Waals surface area contributed by atoms with Crippen molar-refractivity contribution in [1.82, 2.24) is 0 Å². The number of halogens is 1. The van der Waals surface area contributed by atoms with Crippen LogP contribution in [0, 0.1) is 0 Å². The van der Waals surface area contributed by atoms with Gasteiger partial charge < -0.3 is 5.11 Å². The number of benzene rings is 1. The first-order chi connectivity index (χ1) is 11.2. The van der Waals surface area contributed by atoms with E-state index >= 15 is 0 Å². The molecule has 0 fully saturated rings. The number of hydrogen-bond donors (Lipinski definition) is 1. The number of phenolic OH excluding ortho intramolecular Hbond substituents is 1. The van der Waals surface area contributed by atoms with Gasteiger partial charge in [-0.1, -0.05) is 95.6 Å². The van der Waals surface area contributed by atoms with Gasteiger partial charge in [0.25, 0.3) is 0 Å². The predicted molar refractivity (Wildman–Crippen MR) is 103 cm³/mol. The highest BCUT2D eigenvalue weighted by Gasteiger charge is 2.01. The lowest BCUT2D eigenvalue weighted by Crippen LogP contribution is -1.88. The van der Waals surface area contributed by atoms with Crippen LogP contribution in [0.2, 0.25) is 5.02 Å². The second-order valence-electron chi connectivity index (χ2n) is 6.77. The summed E-state index contributed by atoms with van der Waals surface area (Å²) in [5, 5.41) is 10.3. The first kappa shape index (κ1) is 20.4. The molecule has 0 heterocycles. The normalized spacial score (nSPS) is 11.0. The molecule has 0 aliphatic carbocycles. The minimum Gasteiger partial charge on any atom is -0.508 e. The van der Waals surface area contributed by atoms with Crippen LogP contribution in [-0.4, -0.2) is 5.11 Å². The van der Waals surface area contributed by atoms with Crippen molar-refractivity contribution < 1.29 is 5.11 Å². The first-order valence-corrected chi connectivity index (χ1v) is 10.1. The standard InChI is InChI=1S/C21H35ClO/c1-2-3-4-5-6-7-8-9-10-11-12-13-14-15-19-18-20(23)16-17-21(19)22/h16-18,23H,2-15H2,1H3. The summed E-state index contributed by atoms with van der Waals surface area (Å²) < 4.78 is 0. The molecule has 0 bridgehead atoms. The Balaban J connectivity index is 1.87. The van der Waals surface area contributed by atoms with Crippen LogP contribution in [-0.2, 0) is 6.42 Å². The van der Waals surface area contributed by atoms with Gasteiger partial charge in [0.2, 0.25) is 0 Å².